The quantitative estimate of drug-likeness (QED) is 0.343. The van der Waals surface area contributed by atoms with Crippen LogP contribution in [0.25, 0.3) is 0 Å². The van der Waals surface area contributed by atoms with Crippen LogP contribution in [0.1, 0.15) is 79.0 Å². The van der Waals surface area contributed by atoms with Crippen molar-refractivity contribution in [3.8, 4) is 0 Å². The summed E-state index contributed by atoms with van der Waals surface area (Å²) in [5.41, 5.74) is 2.43. The van der Waals surface area contributed by atoms with Gasteiger partial charge in [-0.3, -0.25) is 0 Å². The van der Waals surface area contributed by atoms with Crippen molar-refractivity contribution in [2.24, 2.45) is 11.8 Å². The first-order valence-electron chi connectivity index (χ1n) is 11.6. The molecule has 3 unspecified atom stereocenters. The zero-order chi connectivity index (χ0) is 23.1. The third kappa shape index (κ3) is 6.35. The molecule has 3 rings (SSSR count). The normalized spacial score (nSPS) is 24.0. The summed E-state index contributed by atoms with van der Waals surface area (Å²) in [4.78, 5) is 10.9. The third-order valence-electron chi connectivity index (χ3n) is 6.72. The van der Waals surface area contributed by atoms with E-state index in [1.807, 2.05) is 0 Å². The largest absolute Gasteiger partial charge is 0.475 e. The molecule has 1 aliphatic rings. The lowest BCUT2D eigenvalue weighted by atomic mass is 9.85. The lowest BCUT2D eigenvalue weighted by molar-refractivity contribution is 0.0660. The first-order valence-corrected chi connectivity index (χ1v) is 12.1. The molecule has 1 fully saturated rings. The highest BCUT2D eigenvalue weighted by atomic mass is 35.5. The van der Waals surface area contributed by atoms with Crippen LogP contribution in [0.2, 0.25) is 0 Å². The second kappa shape index (κ2) is 11.9. The number of carboxylic acid groups (broad SMARTS) is 1. The minimum atomic E-state index is -1.07. The van der Waals surface area contributed by atoms with Gasteiger partial charge >= 0.3 is 5.97 Å². The SMILES string of the molecule is CCCC(OC)c1ccc(CC[C@H]2C(Cl)CC(F)[C@@H]2CCCc2ccc(C(=O)O)o2)cc1. The van der Waals surface area contributed by atoms with E-state index in [1.54, 1.807) is 13.2 Å². The molecule has 2 aromatic rings. The Morgan fingerprint density at radius 3 is 2.56 bits per heavy atom. The number of alkyl halides is 2. The lowest BCUT2D eigenvalue weighted by Crippen LogP contribution is -2.20. The number of ether oxygens (including phenoxy) is 1. The molecule has 0 bridgehead atoms. The van der Waals surface area contributed by atoms with Crippen molar-refractivity contribution in [1.82, 2.24) is 0 Å². The number of benzene rings is 1. The number of methoxy groups -OCH3 is 1. The Hall–Kier alpha value is -1.85. The standard InChI is InChI=1S/C26H34ClFO4/c1-3-5-24(31-2)18-11-8-17(9-12-18)10-14-20-21(23(28)16-22(20)27)7-4-6-19-13-15-25(32-19)26(29)30/h8-9,11-13,15,20-24H,3-7,10,14,16H2,1-2H3,(H,29,30)/t20-,21-,22?,23?,24?/m1/s1. The van der Waals surface area contributed by atoms with E-state index in [9.17, 15) is 9.18 Å². The van der Waals surface area contributed by atoms with E-state index < -0.39 is 12.1 Å². The molecule has 1 heterocycles. The van der Waals surface area contributed by atoms with Crippen LogP contribution in [0.4, 0.5) is 4.39 Å². The predicted molar refractivity (Wildman–Crippen MR) is 124 cm³/mol. The van der Waals surface area contributed by atoms with Gasteiger partial charge in [0.1, 0.15) is 11.9 Å². The number of rotatable bonds is 12. The fraction of sp³-hybridized carbons (Fsp3) is 0.577. The van der Waals surface area contributed by atoms with Gasteiger partial charge in [0.15, 0.2) is 0 Å². The number of halogens is 2. The molecule has 0 saturated heterocycles. The minimum absolute atomic E-state index is 0.0551. The van der Waals surface area contributed by atoms with Crippen LogP contribution in [0.15, 0.2) is 40.8 Å². The van der Waals surface area contributed by atoms with E-state index in [0.717, 1.165) is 38.5 Å². The Bertz CT molecular complexity index is 850. The zero-order valence-electron chi connectivity index (χ0n) is 18.9. The number of furan rings is 1. The summed E-state index contributed by atoms with van der Waals surface area (Å²) in [6.07, 6.45) is 5.57. The van der Waals surface area contributed by atoms with E-state index in [1.165, 1.54) is 17.2 Å². The fourth-order valence-electron chi connectivity index (χ4n) is 4.95. The van der Waals surface area contributed by atoms with Crippen molar-refractivity contribution in [3.05, 3.63) is 59.0 Å². The Morgan fingerprint density at radius 2 is 1.94 bits per heavy atom. The summed E-state index contributed by atoms with van der Waals surface area (Å²) >= 11 is 6.55. The Kier molecular flexibility index (Phi) is 9.18. The van der Waals surface area contributed by atoms with Gasteiger partial charge in [0.2, 0.25) is 5.76 Å². The smallest absolute Gasteiger partial charge is 0.371 e. The van der Waals surface area contributed by atoms with Gasteiger partial charge in [0.05, 0.1) is 6.10 Å². The molecule has 0 amide bonds. The molecule has 32 heavy (non-hydrogen) atoms. The summed E-state index contributed by atoms with van der Waals surface area (Å²) in [5.74, 6) is -0.415. The minimum Gasteiger partial charge on any atom is -0.475 e. The van der Waals surface area contributed by atoms with Crippen molar-refractivity contribution in [2.45, 2.75) is 75.9 Å². The van der Waals surface area contributed by atoms with Gasteiger partial charge in [0.25, 0.3) is 0 Å². The number of hydrogen-bond donors (Lipinski definition) is 1. The first kappa shape index (κ1) is 24.8. The number of carboxylic acids is 1. The van der Waals surface area contributed by atoms with E-state index >= 15 is 0 Å². The Labute approximate surface area is 195 Å². The third-order valence-corrected chi connectivity index (χ3v) is 7.22. The van der Waals surface area contributed by atoms with E-state index in [4.69, 9.17) is 25.9 Å². The lowest BCUT2D eigenvalue weighted by Gasteiger charge is -2.23. The van der Waals surface area contributed by atoms with Crippen LogP contribution in [0.3, 0.4) is 0 Å². The summed E-state index contributed by atoms with van der Waals surface area (Å²) in [5, 5.41) is 8.82. The molecule has 0 aliphatic heterocycles. The van der Waals surface area contributed by atoms with Gasteiger partial charge < -0.3 is 14.3 Å². The van der Waals surface area contributed by atoms with Crippen molar-refractivity contribution in [1.29, 1.82) is 0 Å². The summed E-state index contributed by atoms with van der Waals surface area (Å²) in [7, 11) is 1.75. The maximum Gasteiger partial charge on any atom is 0.371 e. The van der Waals surface area contributed by atoms with Crippen LogP contribution in [0, 0.1) is 11.8 Å². The number of carbonyl (C=O) groups is 1. The van der Waals surface area contributed by atoms with Crippen molar-refractivity contribution >= 4 is 17.6 Å². The molecule has 176 valence electrons. The predicted octanol–water partition coefficient (Wildman–Crippen LogP) is 7.00. The highest BCUT2D eigenvalue weighted by molar-refractivity contribution is 6.21. The van der Waals surface area contributed by atoms with E-state index in [0.29, 0.717) is 18.6 Å². The summed E-state index contributed by atoms with van der Waals surface area (Å²) in [6, 6.07) is 11.7. The van der Waals surface area contributed by atoms with Crippen molar-refractivity contribution in [3.63, 3.8) is 0 Å². The first-order chi connectivity index (χ1) is 15.4. The van der Waals surface area contributed by atoms with Gasteiger partial charge in [-0.25, -0.2) is 9.18 Å². The molecule has 1 aliphatic carbocycles. The van der Waals surface area contributed by atoms with Crippen molar-refractivity contribution < 1.29 is 23.4 Å². The number of aromatic carboxylic acids is 1. The second-order valence-corrected chi connectivity index (χ2v) is 9.41. The van der Waals surface area contributed by atoms with Crippen LogP contribution in [-0.2, 0) is 17.6 Å². The highest BCUT2D eigenvalue weighted by Gasteiger charge is 2.41. The van der Waals surface area contributed by atoms with Crippen molar-refractivity contribution in [2.75, 3.05) is 7.11 Å². The zero-order valence-corrected chi connectivity index (χ0v) is 19.7. The molecule has 6 heteroatoms. The van der Waals surface area contributed by atoms with Gasteiger partial charge in [-0.1, -0.05) is 37.6 Å². The van der Waals surface area contributed by atoms with Gasteiger partial charge in [-0.05, 0) is 73.6 Å². The van der Waals surface area contributed by atoms with Gasteiger partial charge in [-0.2, -0.15) is 0 Å². The van der Waals surface area contributed by atoms with E-state index in [-0.39, 0.29) is 29.1 Å². The molecule has 1 aromatic carbocycles. The molecule has 1 saturated carbocycles. The maximum atomic E-state index is 14.7. The van der Waals surface area contributed by atoms with Gasteiger partial charge in [0, 0.05) is 18.9 Å². The molecule has 4 nitrogen and oxygen atoms in total. The van der Waals surface area contributed by atoms with Crippen LogP contribution in [0.5, 0.6) is 0 Å². The number of hydrogen-bond acceptors (Lipinski definition) is 3. The molecule has 1 aromatic heterocycles. The number of aryl methyl sites for hydroxylation is 2. The summed E-state index contributed by atoms with van der Waals surface area (Å²) < 4.78 is 25.6. The monoisotopic (exact) mass is 464 g/mol. The van der Waals surface area contributed by atoms with E-state index in [2.05, 4.69) is 31.2 Å². The molecule has 1 N–H and O–H groups in total. The molecular weight excluding hydrogens is 431 g/mol. The highest BCUT2D eigenvalue weighted by Crippen LogP contribution is 2.43. The van der Waals surface area contributed by atoms with Crippen LogP contribution < -0.4 is 0 Å². The van der Waals surface area contributed by atoms with Crippen LogP contribution >= 0.6 is 11.6 Å². The second-order valence-electron chi connectivity index (χ2n) is 8.85. The Balaban J connectivity index is 1.53. The fourth-order valence-corrected chi connectivity index (χ4v) is 5.43. The molecule has 5 atom stereocenters. The average molecular weight is 465 g/mol. The molecule has 0 spiro atoms. The summed E-state index contributed by atoms with van der Waals surface area (Å²) in [6.45, 7) is 2.15. The maximum absolute atomic E-state index is 14.7. The Morgan fingerprint density at radius 1 is 1.19 bits per heavy atom. The topological polar surface area (TPSA) is 59.7 Å². The van der Waals surface area contributed by atoms with Crippen LogP contribution in [-0.4, -0.2) is 29.7 Å². The molecule has 0 radical (unpaired) electrons. The van der Waals surface area contributed by atoms with Gasteiger partial charge in [-0.15, -0.1) is 11.6 Å². The molecular formula is C26H34ClFO4. The average Bonchev–Trinajstić information content (AvgIpc) is 3.36.